The number of nitrogens with one attached hydrogen (secondary N) is 1. The lowest BCUT2D eigenvalue weighted by Gasteiger charge is -2.30. The topological polar surface area (TPSA) is 32.3 Å². The minimum absolute atomic E-state index is 0.0649. The first-order chi connectivity index (χ1) is 7.22. The largest absolute Gasteiger partial charge is 0.355 e. The molecule has 1 N–H and O–H groups in total. The highest BCUT2D eigenvalue weighted by Gasteiger charge is 2.15. The molecule has 0 saturated carbocycles. The lowest BCUT2D eigenvalue weighted by Crippen LogP contribution is -2.40. The van der Waals surface area contributed by atoms with Gasteiger partial charge in [0.05, 0.1) is 0 Å². The van der Waals surface area contributed by atoms with E-state index in [1.54, 1.807) is 0 Å². The monoisotopic (exact) mass is 232 g/mol. The van der Waals surface area contributed by atoms with Gasteiger partial charge in [0.15, 0.2) is 0 Å². The molecule has 0 aromatic carbocycles. The van der Waals surface area contributed by atoms with Crippen molar-refractivity contribution < 1.29 is 4.79 Å². The fraction of sp³-hybridized carbons (Fsp3) is 0.909. The van der Waals surface area contributed by atoms with Gasteiger partial charge in [-0.2, -0.15) is 0 Å². The highest BCUT2D eigenvalue weighted by Crippen LogP contribution is 2.14. The predicted molar refractivity (Wildman–Crippen MR) is 63.2 cm³/mol. The second kappa shape index (κ2) is 7.07. The van der Waals surface area contributed by atoms with E-state index in [0.717, 1.165) is 19.0 Å². The number of alkyl halides is 1. The number of likely N-dealkylation sites (tertiary alicyclic amines) is 1. The van der Waals surface area contributed by atoms with Crippen molar-refractivity contribution in [2.45, 2.75) is 26.2 Å². The quantitative estimate of drug-likeness (QED) is 0.728. The normalized spacial score (nSPS) is 22.7. The molecule has 15 heavy (non-hydrogen) atoms. The summed E-state index contributed by atoms with van der Waals surface area (Å²) in [5, 5.41) is 2.88. The molecule has 0 bridgehead atoms. The molecule has 0 aromatic rings. The van der Waals surface area contributed by atoms with Gasteiger partial charge in [0.25, 0.3) is 0 Å². The van der Waals surface area contributed by atoms with Crippen LogP contribution in [0, 0.1) is 5.92 Å². The van der Waals surface area contributed by atoms with E-state index in [4.69, 9.17) is 11.6 Å². The van der Waals surface area contributed by atoms with Crippen LogP contribution < -0.4 is 5.32 Å². The summed E-state index contributed by atoms with van der Waals surface area (Å²) in [4.78, 5) is 13.6. The first kappa shape index (κ1) is 12.8. The first-order valence-electron chi connectivity index (χ1n) is 5.77. The van der Waals surface area contributed by atoms with E-state index in [2.05, 4.69) is 17.1 Å². The Hall–Kier alpha value is -0.280. The van der Waals surface area contributed by atoms with E-state index < -0.39 is 0 Å². The number of rotatable bonds is 5. The van der Waals surface area contributed by atoms with Crippen LogP contribution in [0.2, 0.25) is 0 Å². The molecule has 1 fully saturated rings. The van der Waals surface area contributed by atoms with Crippen molar-refractivity contribution in [3.63, 3.8) is 0 Å². The number of halogens is 1. The van der Waals surface area contributed by atoms with Gasteiger partial charge in [-0.3, -0.25) is 4.79 Å². The number of hydrogen-bond acceptors (Lipinski definition) is 2. The average molecular weight is 233 g/mol. The fourth-order valence-electron chi connectivity index (χ4n) is 2.02. The van der Waals surface area contributed by atoms with Crippen LogP contribution in [-0.2, 0) is 4.79 Å². The summed E-state index contributed by atoms with van der Waals surface area (Å²) in [5.41, 5.74) is 0. The van der Waals surface area contributed by atoms with Crippen LogP contribution in [0.3, 0.4) is 0 Å². The smallest absolute Gasteiger partial charge is 0.221 e. The third-order valence-electron chi connectivity index (χ3n) is 2.81. The zero-order chi connectivity index (χ0) is 11.1. The lowest BCUT2D eigenvalue weighted by atomic mass is 10.0. The van der Waals surface area contributed by atoms with Crippen molar-refractivity contribution >= 4 is 17.5 Å². The maximum Gasteiger partial charge on any atom is 0.221 e. The Morgan fingerprint density at radius 3 is 3.07 bits per heavy atom. The second-order valence-electron chi connectivity index (χ2n) is 4.34. The van der Waals surface area contributed by atoms with Gasteiger partial charge >= 0.3 is 0 Å². The Bertz CT molecular complexity index is 199. The molecule has 0 radical (unpaired) electrons. The molecule has 0 spiro atoms. The third-order valence-corrected chi connectivity index (χ3v) is 3.00. The maximum absolute atomic E-state index is 11.1. The maximum atomic E-state index is 11.1. The van der Waals surface area contributed by atoms with E-state index in [9.17, 15) is 4.79 Å². The summed E-state index contributed by atoms with van der Waals surface area (Å²) in [6, 6.07) is 0. The van der Waals surface area contributed by atoms with E-state index in [0.29, 0.717) is 12.3 Å². The van der Waals surface area contributed by atoms with Crippen LogP contribution in [0.25, 0.3) is 0 Å². The zero-order valence-corrected chi connectivity index (χ0v) is 10.2. The molecular weight excluding hydrogens is 212 g/mol. The number of nitrogens with zero attached hydrogens (tertiary/aromatic N) is 1. The van der Waals surface area contributed by atoms with E-state index in [1.807, 2.05) is 0 Å². The highest BCUT2D eigenvalue weighted by atomic mass is 35.5. The van der Waals surface area contributed by atoms with Gasteiger partial charge in [0, 0.05) is 31.9 Å². The van der Waals surface area contributed by atoms with Crippen molar-refractivity contribution in [2.24, 2.45) is 5.92 Å². The highest BCUT2D eigenvalue weighted by molar-refractivity contribution is 6.18. The molecule has 0 aliphatic carbocycles. The van der Waals surface area contributed by atoms with Gasteiger partial charge in [0.1, 0.15) is 0 Å². The molecule has 0 aromatic heterocycles. The lowest BCUT2D eigenvalue weighted by molar-refractivity contribution is -0.120. The molecule has 3 nitrogen and oxygen atoms in total. The van der Waals surface area contributed by atoms with Gasteiger partial charge in [-0.05, 0) is 25.3 Å². The second-order valence-corrected chi connectivity index (χ2v) is 4.71. The summed E-state index contributed by atoms with van der Waals surface area (Å²) in [7, 11) is 0. The predicted octanol–water partition coefficient (Wildman–Crippen LogP) is 1.46. The van der Waals surface area contributed by atoms with Gasteiger partial charge in [-0.1, -0.05) is 6.92 Å². The minimum Gasteiger partial charge on any atom is -0.355 e. The molecule has 4 heteroatoms. The molecule has 1 rings (SSSR count). The van der Waals surface area contributed by atoms with Crippen LogP contribution in [-0.4, -0.2) is 42.9 Å². The summed E-state index contributed by atoms with van der Waals surface area (Å²) in [6.07, 6.45) is 3.06. The molecule has 1 aliphatic rings. The minimum atomic E-state index is 0.0649. The van der Waals surface area contributed by atoms with Crippen LogP contribution >= 0.6 is 11.6 Å². The van der Waals surface area contributed by atoms with Gasteiger partial charge in [-0.15, -0.1) is 11.6 Å². The van der Waals surface area contributed by atoms with Crippen molar-refractivity contribution in [3.8, 4) is 0 Å². The van der Waals surface area contributed by atoms with Gasteiger partial charge in [0.2, 0.25) is 5.91 Å². The SMILES string of the molecule is CC1CCCN(CCNC(=O)CCCl)C1. The van der Waals surface area contributed by atoms with Crippen LogP contribution in [0.15, 0.2) is 0 Å². The van der Waals surface area contributed by atoms with Crippen molar-refractivity contribution in [3.05, 3.63) is 0 Å². The molecule has 1 saturated heterocycles. The van der Waals surface area contributed by atoms with E-state index >= 15 is 0 Å². The summed E-state index contributed by atoms with van der Waals surface area (Å²) < 4.78 is 0. The molecule has 88 valence electrons. The number of amides is 1. The molecular formula is C11H21ClN2O. The van der Waals surface area contributed by atoms with Crippen molar-refractivity contribution in [1.29, 1.82) is 0 Å². The Morgan fingerprint density at radius 2 is 2.40 bits per heavy atom. The van der Waals surface area contributed by atoms with Crippen molar-refractivity contribution in [1.82, 2.24) is 10.2 Å². The Morgan fingerprint density at radius 1 is 1.60 bits per heavy atom. The van der Waals surface area contributed by atoms with Gasteiger partial charge < -0.3 is 10.2 Å². The standard InChI is InChI=1S/C11H21ClN2O/c1-10-3-2-7-14(9-10)8-6-13-11(15)4-5-12/h10H,2-9H2,1H3,(H,13,15). The summed E-state index contributed by atoms with van der Waals surface area (Å²) in [6.45, 7) is 6.36. The van der Waals surface area contributed by atoms with E-state index in [1.165, 1.54) is 25.9 Å². The van der Waals surface area contributed by atoms with Crippen molar-refractivity contribution in [2.75, 3.05) is 32.1 Å². The Balaban J connectivity index is 2.06. The molecule has 1 aliphatic heterocycles. The fourth-order valence-corrected chi connectivity index (χ4v) is 2.19. The molecule has 1 heterocycles. The number of carbonyl (C=O) groups excluding carboxylic acids is 1. The summed E-state index contributed by atoms with van der Waals surface area (Å²) in [5.74, 6) is 1.28. The average Bonchev–Trinajstić information content (AvgIpc) is 2.18. The van der Waals surface area contributed by atoms with Crippen LogP contribution in [0.4, 0.5) is 0 Å². The summed E-state index contributed by atoms with van der Waals surface area (Å²) >= 11 is 5.47. The number of piperidine rings is 1. The zero-order valence-electron chi connectivity index (χ0n) is 9.47. The molecule has 1 atom stereocenters. The molecule has 1 amide bonds. The Labute approximate surface area is 97.2 Å². The van der Waals surface area contributed by atoms with E-state index in [-0.39, 0.29) is 5.91 Å². The number of hydrogen-bond donors (Lipinski definition) is 1. The number of carbonyl (C=O) groups is 1. The van der Waals surface area contributed by atoms with Crippen LogP contribution in [0.1, 0.15) is 26.2 Å². The van der Waals surface area contributed by atoms with Crippen LogP contribution in [0.5, 0.6) is 0 Å². The first-order valence-corrected chi connectivity index (χ1v) is 6.31. The van der Waals surface area contributed by atoms with Gasteiger partial charge in [-0.25, -0.2) is 0 Å². The Kier molecular flexibility index (Phi) is 6.03. The third kappa shape index (κ3) is 5.38. The molecule has 1 unspecified atom stereocenters.